The van der Waals surface area contributed by atoms with Crippen molar-refractivity contribution in [3.63, 3.8) is 0 Å². The molecule has 0 radical (unpaired) electrons. The second-order valence-corrected chi connectivity index (χ2v) is 12.4. The SMILES string of the molecule is CCOC(=O)CN(C)C(=O)c1ccc2cc(C(CC)CCc3ccc(OC(CC)C(O)C(C)(C)C)c(C)c3)ccc2c1. The summed E-state index contributed by atoms with van der Waals surface area (Å²) in [5.41, 5.74) is 3.97. The normalized spacial score (nSPS) is 13.8. The first-order valence-corrected chi connectivity index (χ1v) is 15.3. The van der Waals surface area contributed by atoms with Crippen LogP contribution in [0.4, 0.5) is 0 Å². The molecule has 0 heterocycles. The van der Waals surface area contributed by atoms with Crippen molar-refractivity contribution in [2.24, 2.45) is 5.41 Å². The molecule has 0 aromatic heterocycles. The van der Waals surface area contributed by atoms with Crippen molar-refractivity contribution in [1.29, 1.82) is 0 Å². The van der Waals surface area contributed by atoms with Crippen molar-refractivity contribution in [3.05, 3.63) is 76.9 Å². The molecule has 6 heteroatoms. The highest BCUT2D eigenvalue weighted by molar-refractivity contribution is 5.99. The third-order valence-corrected chi connectivity index (χ3v) is 8.03. The van der Waals surface area contributed by atoms with Crippen LogP contribution in [0.2, 0.25) is 0 Å². The number of aryl methyl sites for hydroxylation is 2. The molecule has 3 atom stereocenters. The Morgan fingerprint density at radius 1 is 0.929 bits per heavy atom. The van der Waals surface area contributed by atoms with E-state index in [1.165, 1.54) is 16.0 Å². The molecule has 0 bridgehead atoms. The maximum Gasteiger partial charge on any atom is 0.325 e. The fourth-order valence-corrected chi connectivity index (χ4v) is 5.38. The number of carbonyl (C=O) groups excluding carboxylic acids is 2. The third-order valence-electron chi connectivity index (χ3n) is 8.03. The Hall–Kier alpha value is -3.38. The first-order valence-electron chi connectivity index (χ1n) is 15.3. The van der Waals surface area contributed by atoms with Crippen molar-refractivity contribution in [3.8, 4) is 5.75 Å². The highest BCUT2D eigenvalue weighted by Gasteiger charge is 2.31. The summed E-state index contributed by atoms with van der Waals surface area (Å²) in [5.74, 6) is 0.627. The van der Waals surface area contributed by atoms with Gasteiger partial charge in [-0.15, -0.1) is 0 Å². The standard InChI is InChI=1S/C36H49NO5/c1-9-26(14-12-25-13-19-32(24(4)20-25)42-31(10-2)34(39)36(5,6)7)27-15-16-29-22-30(18-17-28(29)21-27)35(40)37(8)23-33(38)41-11-3/h13,15-22,26,31,34,39H,9-12,14,23H2,1-8H3. The van der Waals surface area contributed by atoms with E-state index in [0.717, 1.165) is 47.8 Å². The Bertz CT molecular complexity index is 1360. The molecule has 1 N–H and O–H groups in total. The van der Waals surface area contributed by atoms with Crippen molar-refractivity contribution in [2.75, 3.05) is 20.2 Å². The van der Waals surface area contributed by atoms with Gasteiger partial charge in [-0.05, 0) is 96.5 Å². The van der Waals surface area contributed by atoms with E-state index in [9.17, 15) is 14.7 Å². The maximum absolute atomic E-state index is 12.9. The summed E-state index contributed by atoms with van der Waals surface area (Å²) in [6.45, 7) is 14.4. The van der Waals surface area contributed by atoms with Crippen LogP contribution in [0.1, 0.15) is 93.8 Å². The van der Waals surface area contributed by atoms with Gasteiger partial charge in [0.15, 0.2) is 0 Å². The van der Waals surface area contributed by atoms with Crippen LogP contribution in [0.3, 0.4) is 0 Å². The Labute approximate surface area is 252 Å². The lowest BCUT2D eigenvalue weighted by Crippen LogP contribution is -2.41. The maximum atomic E-state index is 12.9. The number of nitrogens with zero attached hydrogens (tertiary/aromatic N) is 1. The highest BCUT2D eigenvalue weighted by Crippen LogP contribution is 2.31. The number of rotatable bonds is 13. The van der Waals surface area contributed by atoms with Gasteiger partial charge in [0.05, 0.1) is 12.7 Å². The predicted molar refractivity (Wildman–Crippen MR) is 170 cm³/mol. The molecule has 6 nitrogen and oxygen atoms in total. The van der Waals surface area contributed by atoms with Crippen LogP contribution in [0, 0.1) is 12.3 Å². The largest absolute Gasteiger partial charge is 0.487 e. The zero-order valence-corrected chi connectivity index (χ0v) is 26.7. The van der Waals surface area contributed by atoms with Gasteiger partial charge in [-0.1, -0.05) is 71.0 Å². The number of fused-ring (bicyclic) bond motifs is 1. The van der Waals surface area contributed by atoms with Gasteiger partial charge in [-0.3, -0.25) is 9.59 Å². The molecular formula is C36H49NO5. The van der Waals surface area contributed by atoms with E-state index in [1.807, 2.05) is 52.0 Å². The summed E-state index contributed by atoms with van der Waals surface area (Å²) in [6, 6.07) is 18.6. The second-order valence-electron chi connectivity index (χ2n) is 12.4. The summed E-state index contributed by atoms with van der Waals surface area (Å²) in [4.78, 5) is 26.0. The van der Waals surface area contributed by atoms with Gasteiger partial charge in [0.2, 0.25) is 0 Å². The lowest BCUT2D eigenvalue weighted by molar-refractivity contribution is -0.143. The van der Waals surface area contributed by atoms with E-state index in [1.54, 1.807) is 14.0 Å². The van der Waals surface area contributed by atoms with Crippen LogP contribution >= 0.6 is 0 Å². The summed E-state index contributed by atoms with van der Waals surface area (Å²) >= 11 is 0. The van der Waals surface area contributed by atoms with Gasteiger partial charge in [0.25, 0.3) is 5.91 Å². The van der Waals surface area contributed by atoms with Gasteiger partial charge in [-0.2, -0.15) is 0 Å². The van der Waals surface area contributed by atoms with E-state index in [-0.39, 0.29) is 24.0 Å². The van der Waals surface area contributed by atoms with Crippen molar-refractivity contribution in [2.45, 2.75) is 92.3 Å². The van der Waals surface area contributed by atoms with Gasteiger partial charge in [0.1, 0.15) is 18.4 Å². The van der Waals surface area contributed by atoms with E-state index in [2.05, 4.69) is 44.2 Å². The minimum absolute atomic E-state index is 0.0727. The number of aliphatic hydroxyl groups excluding tert-OH is 1. The van der Waals surface area contributed by atoms with E-state index < -0.39 is 12.1 Å². The molecule has 3 rings (SSSR count). The molecule has 0 aliphatic carbocycles. The molecule has 0 aliphatic heterocycles. The first-order chi connectivity index (χ1) is 19.9. The molecule has 0 saturated heterocycles. The number of benzene rings is 3. The molecule has 3 aromatic carbocycles. The van der Waals surface area contributed by atoms with E-state index >= 15 is 0 Å². The average molecular weight is 576 g/mol. The highest BCUT2D eigenvalue weighted by atomic mass is 16.5. The molecule has 0 aliphatic rings. The van der Waals surface area contributed by atoms with Gasteiger partial charge >= 0.3 is 5.97 Å². The monoisotopic (exact) mass is 575 g/mol. The molecule has 42 heavy (non-hydrogen) atoms. The Balaban J connectivity index is 1.67. The lowest BCUT2D eigenvalue weighted by atomic mass is 9.85. The topological polar surface area (TPSA) is 76.1 Å². The summed E-state index contributed by atoms with van der Waals surface area (Å²) < 4.78 is 11.2. The Morgan fingerprint density at radius 2 is 1.62 bits per heavy atom. The summed E-state index contributed by atoms with van der Waals surface area (Å²) in [6.07, 6.45) is 2.97. The third kappa shape index (κ3) is 8.57. The summed E-state index contributed by atoms with van der Waals surface area (Å²) in [5, 5.41) is 12.8. The fraction of sp³-hybridized carbons (Fsp3) is 0.500. The van der Waals surface area contributed by atoms with Gasteiger partial charge in [0, 0.05) is 12.6 Å². The van der Waals surface area contributed by atoms with Crippen molar-refractivity contribution in [1.82, 2.24) is 4.90 Å². The lowest BCUT2D eigenvalue weighted by Gasteiger charge is -2.33. The smallest absolute Gasteiger partial charge is 0.325 e. The molecule has 228 valence electrons. The van der Waals surface area contributed by atoms with Crippen molar-refractivity contribution < 1.29 is 24.2 Å². The number of amides is 1. The second kappa shape index (κ2) is 14.7. The van der Waals surface area contributed by atoms with E-state index in [0.29, 0.717) is 18.1 Å². The number of ether oxygens (including phenoxy) is 2. The minimum atomic E-state index is -0.543. The van der Waals surface area contributed by atoms with Crippen molar-refractivity contribution >= 4 is 22.6 Å². The molecule has 3 aromatic rings. The van der Waals surface area contributed by atoms with Crippen LogP contribution in [-0.2, 0) is 16.0 Å². The number of aliphatic hydroxyl groups is 1. The number of carbonyl (C=O) groups is 2. The number of esters is 1. The Morgan fingerprint density at radius 3 is 2.24 bits per heavy atom. The average Bonchev–Trinajstić information content (AvgIpc) is 2.95. The van der Waals surface area contributed by atoms with Gasteiger partial charge in [-0.25, -0.2) is 0 Å². The molecule has 0 spiro atoms. The van der Waals surface area contributed by atoms with Crippen LogP contribution in [-0.4, -0.2) is 54.3 Å². The molecule has 0 saturated carbocycles. The number of hydrogen-bond acceptors (Lipinski definition) is 5. The van der Waals surface area contributed by atoms with Crippen LogP contribution in [0.15, 0.2) is 54.6 Å². The quantitative estimate of drug-likeness (QED) is 0.214. The molecule has 3 unspecified atom stereocenters. The fourth-order valence-electron chi connectivity index (χ4n) is 5.38. The van der Waals surface area contributed by atoms with Gasteiger partial charge < -0.3 is 19.5 Å². The first kappa shape index (κ1) is 33.1. The molecule has 1 amide bonds. The number of hydrogen-bond donors (Lipinski definition) is 1. The Kier molecular flexibility index (Phi) is 11.6. The number of likely N-dealkylation sites (N-methyl/N-ethyl adjacent to an activating group) is 1. The van der Waals surface area contributed by atoms with Crippen LogP contribution in [0.5, 0.6) is 5.75 Å². The molecular weight excluding hydrogens is 526 g/mol. The zero-order valence-electron chi connectivity index (χ0n) is 26.7. The zero-order chi connectivity index (χ0) is 31.0. The molecule has 0 fully saturated rings. The van der Waals surface area contributed by atoms with E-state index in [4.69, 9.17) is 9.47 Å². The van der Waals surface area contributed by atoms with Crippen LogP contribution in [0.25, 0.3) is 10.8 Å². The van der Waals surface area contributed by atoms with Crippen LogP contribution < -0.4 is 4.74 Å². The predicted octanol–water partition coefficient (Wildman–Crippen LogP) is 7.47. The summed E-state index contributed by atoms with van der Waals surface area (Å²) in [7, 11) is 1.61. The minimum Gasteiger partial charge on any atom is -0.487 e.